The SMILES string of the molecule is CCCCCN(C)S(=O)(=O)c1ccc(N)cc1C. The van der Waals surface area contributed by atoms with Gasteiger partial charge < -0.3 is 5.73 Å². The van der Waals surface area contributed by atoms with E-state index in [-0.39, 0.29) is 0 Å². The van der Waals surface area contributed by atoms with Crippen LogP contribution in [0.2, 0.25) is 0 Å². The van der Waals surface area contributed by atoms with E-state index in [1.165, 1.54) is 4.31 Å². The van der Waals surface area contributed by atoms with Crippen LogP contribution in [0.1, 0.15) is 31.7 Å². The predicted octanol–water partition coefficient (Wildman–Crippen LogP) is 2.39. The Morgan fingerprint density at radius 2 is 1.94 bits per heavy atom. The van der Waals surface area contributed by atoms with Crippen molar-refractivity contribution >= 4 is 15.7 Å². The molecule has 0 fully saturated rings. The van der Waals surface area contributed by atoms with Gasteiger partial charge in [-0.1, -0.05) is 19.8 Å². The second kappa shape index (κ2) is 6.20. The number of benzene rings is 1. The largest absolute Gasteiger partial charge is 0.399 e. The fourth-order valence-corrected chi connectivity index (χ4v) is 3.25. The highest BCUT2D eigenvalue weighted by molar-refractivity contribution is 7.89. The summed E-state index contributed by atoms with van der Waals surface area (Å²) in [4.78, 5) is 0.343. The maximum atomic E-state index is 12.3. The van der Waals surface area contributed by atoms with Crippen molar-refractivity contribution in [3.63, 3.8) is 0 Å². The second-order valence-corrected chi connectivity index (χ2v) is 6.57. The first-order valence-electron chi connectivity index (χ1n) is 6.22. The summed E-state index contributed by atoms with van der Waals surface area (Å²) in [6.07, 6.45) is 3.01. The summed E-state index contributed by atoms with van der Waals surface area (Å²) >= 11 is 0. The number of unbranched alkanes of at least 4 members (excludes halogenated alkanes) is 2. The first-order valence-corrected chi connectivity index (χ1v) is 7.66. The summed E-state index contributed by atoms with van der Waals surface area (Å²) in [5.41, 5.74) is 6.91. The van der Waals surface area contributed by atoms with Gasteiger partial charge in [0.2, 0.25) is 10.0 Å². The quantitative estimate of drug-likeness (QED) is 0.637. The average Bonchev–Trinajstić information content (AvgIpc) is 2.28. The molecule has 2 N–H and O–H groups in total. The third-order valence-corrected chi connectivity index (χ3v) is 4.98. The average molecular weight is 270 g/mol. The van der Waals surface area contributed by atoms with E-state index in [0.717, 1.165) is 19.3 Å². The lowest BCUT2D eigenvalue weighted by Gasteiger charge is -2.18. The maximum absolute atomic E-state index is 12.3. The van der Waals surface area contributed by atoms with Crippen molar-refractivity contribution in [3.8, 4) is 0 Å². The molecule has 5 heteroatoms. The van der Waals surface area contributed by atoms with Crippen LogP contribution in [0.4, 0.5) is 5.69 Å². The lowest BCUT2D eigenvalue weighted by molar-refractivity contribution is 0.454. The van der Waals surface area contributed by atoms with Gasteiger partial charge in [-0.05, 0) is 37.1 Å². The van der Waals surface area contributed by atoms with Crippen molar-refractivity contribution < 1.29 is 8.42 Å². The van der Waals surface area contributed by atoms with Crippen LogP contribution in [0, 0.1) is 6.92 Å². The van der Waals surface area contributed by atoms with E-state index in [0.29, 0.717) is 22.7 Å². The zero-order valence-electron chi connectivity index (χ0n) is 11.3. The van der Waals surface area contributed by atoms with Gasteiger partial charge in [0.25, 0.3) is 0 Å². The molecule has 0 radical (unpaired) electrons. The summed E-state index contributed by atoms with van der Waals surface area (Å²) in [5.74, 6) is 0. The molecule has 0 unspecified atom stereocenters. The molecule has 4 nitrogen and oxygen atoms in total. The van der Waals surface area contributed by atoms with Crippen LogP contribution in [-0.2, 0) is 10.0 Å². The van der Waals surface area contributed by atoms with Gasteiger partial charge in [-0.25, -0.2) is 12.7 Å². The van der Waals surface area contributed by atoms with Gasteiger partial charge in [-0.3, -0.25) is 0 Å². The van der Waals surface area contributed by atoms with Crippen LogP contribution in [-0.4, -0.2) is 26.3 Å². The highest BCUT2D eigenvalue weighted by Gasteiger charge is 2.22. The van der Waals surface area contributed by atoms with Gasteiger partial charge >= 0.3 is 0 Å². The zero-order valence-corrected chi connectivity index (χ0v) is 12.1. The number of nitrogen functional groups attached to an aromatic ring is 1. The normalized spacial score (nSPS) is 12.0. The van der Waals surface area contributed by atoms with Crippen molar-refractivity contribution in [2.45, 2.75) is 38.0 Å². The number of hydrogen-bond donors (Lipinski definition) is 1. The number of nitrogens with zero attached hydrogens (tertiary/aromatic N) is 1. The van der Waals surface area contributed by atoms with Gasteiger partial charge in [-0.2, -0.15) is 0 Å². The molecule has 1 aromatic rings. The van der Waals surface area contributed by atoms with E-state index in [2.05, 4.69) is 6.92 Å². The smallest absolute Gasteiger partial charge is 0.243 e. The highest BCUT2D eigenvalue weighted by atomic mass is 32.2. The molecule has 0 saturated carbocycles. The molecule has 0 aromatic heterocycles. The van der Waals surface area contributed by atoms with Crippen LogP contribution in [0.5, 0.6) is 0 Å². The third kappa shape index (κ3) is 3.46. The summed E-state index contributed by atoms with van der Waals surface area (Å²) in [6, 6.07) is 4.89. The fourth-order valence-electron chi connectivity index (χ4n) is 1.83. The molecule has 1 aromatic carbocycles. The Bertz CT molecular complexity index is 498. The molecule has 0 aliphatic rings. The van der Waals surface area contributed by atoms with Crippen LogP contribution in [0.3, 0.4) is 0 Å². The Balaban J connectivity index is 2.91. The van der Waals surface area contributed by atoms with E-state index < -0.39 is 10.0 Å². The topological polar surface area (TPSA) is 63.4 Å². The van der Waals surface area contributed by atoms with E-state index in [1.54, 1.807) is 32.2 Å². The van der Waals surface area contributed by atoms with Crippen LogP contribution in [0.25, 0.3) is 0 Å². The lowest BCUT2D eigenvalue weighted by Crippen LogP contribution is -2.28. The van der Waals surface area contributed by atoms with Gasteiger partial charge in [0.05, 0.1) is 4.90 Å². The number of sulfonamides is 1. The van der Waals surface area contributed by atoms with Crippen molar-refractivity contribution in [3.05, 3.63) is 23.8 Å². The minimum atomic E-state index is -3.39. The number of nitrogens with two attached hydrogens (primary N) is 1. The first kappa shape index (κ1) is 15.0. The summed E-state index contributed by atoms with van der Waals surface area (Å²) in [5, 5.41) is 0. The fraction of sp³-hybridized carbons (Fsp3) is 0.538. The summed E-state index contributed by atoms with van der Waals surface area (Å²) in [7, 11) is -1.76. The van der Waals surface area contributed by atoms with E-state index in [9.17, 15) is 8.42 Å². The van der Waals surface area contributed by atoms with Crippen molar-refractivity contribution in [1.82, 2.24) is 4.31 Å². The van der Waals surface area contributed by atoms with Crippen molar-refractivity contribution in [1.29, 1.82) is 0 Å². The molecular formula is C13H22N2O2S. The first-order chi connectivity index (χ1) is 8.39. The second-order valence-electron chi connectivity index (χ2n) is 4.56. The molecule has 18 heavy (non-hydrogen) atoms. The third-order valence-electron chi connectivity index (χ3n) is 2.96. The Labute approximate surface area is 110 Å². The van der Waals surface area contributed by atoms with E-state index >= 15 is 0 Å². The summed E-state index contributed by atoms with van der Waals surface area (Å²) in [6.45, 7) is 4.42. The van der Waals surface area contributed by atoms with Gasteiger partial charge in [0.15, 0.2) is 0 Å². The van der Waals surface area contributed by atoms with Crippen molar-refractivity contribution in [2.24, 2.45) is 0 Å². The Morgan fingerprint density at radius 3 is 2.50 bits per heavy atom. The van der Waals surface area contributed by atoms with Gasteiger partial charge in [0.1, 0.15) is 0 Å². The predicted molar refractivity (Wildman–Crippen MR) is 74.9 cm³/mol. The van der Waals surface area contributed by atoms with E-state index in [4.69, 9.17) is 5.73 Å². The minimum absolute atomic E-state index is 0.343. The molecular weight excluding hydrogens is 248 g/mol. The maximum Gasteiger partial charge on any atom is 0.243 e. The zero-order chi connectivity index (χ0) is 13.8. The number of aryl methyl sites for hydroxylation is 1. The standard InChI is InChI=1S/C13H22N2O2S/c1-4-5-6-9-15(3)18(16,17)13-8-7-12(14)10-11(13)2/h7-8,10H,4-6,9,14H2,1-3H3. The molecule has 0 bridgehead atoms. The monoisotopic (exact) mass is 270 g/mol. The molecule has 102 valence electrons. The molecule has 0 saturated heterocycles. The minimum Gasteiger partial charge on any atom is -0.399 e. The lowest BCUT2D eigenvalue weighted by atomic mass is 10.2. The molecule has 0 aliphatic carbocycles. The van der Waals surface area contributed by atoms with Crippen molar-refractivity contribution in [2.75, 3.05) is 19.3 Å². The van der Waals surface area contributed by atoms with Crippen LogP contribution in [0.15, 0.2) is 23.1 Å². The number of hydrogen-bond acceptors (Lipinski definition) is 3. The molecule has 0 atom stereocenters. The van der Waals surface area contributed by atoms with Crippen LogP contribution < -0.4 is 5.73 Å². The highest BCUT2D eigenvalue weighted by Crippen LogP contribution is 2.21. The molecule has 0 spiro atoms. The Hall–Kier alpha value is -1.07. The molecule has 0 aliphatic heterocycles. The Kier molecular flexibility index (Phi) is 5.16. The molecule has 0 amide bonds. The number of rotatable bonds is 6. The molecule has 1 rings (SSSR count). The van der Waals surface area contributed by atoms with Crippen LogP contribution >= 0.6 is 0 Å². The van der Waals surface area contributed by atoms with Gasteiger partial charge in [-0.15, -0.1) is 0 Å². The number of anilines is 1. The van der Waals surface area contributed by atoms with E-state index in [1.807, 2.05) is 0 Å². The molecule has 0 heterocycles. The Morgan fingerprint density at radius 1 is 1.28 bits per heavy atom. The summed E-state index contributed by atoms with van der Waals surface area (Å²) < 4.78 is 26.1. The van der Waals surface area contributed by atoms with Gasteiger partial charge in [0, 0.05) is 19.3 Å².